The summed E-state index contributed by atoms with van der Waals surface area (Å²) in [5.41, 5.74) is -3.73. The number of ether oxygens (including phenoxy) is 1. The average molecular weight is 485 g/mol. The lowest BCUT2D eigenvalue weighted by Gasteiger charge is -2.37. The van der Waals surface area contributed by atoms with Crippen molar-refractivity contribution in [2.24, 2.45) is 0 Å². The first-order valence-electron chi connectivity index (χ1n) is 9.05. The van der Waals surface area contributed by atoms with Gasteiger partial charge in [-0.2, -0.15) is 18.4 Å². The fourth-order valence-corrected chi connectivity index (χ4v) is 3.73. The second-order valence-corrected chi connectivity index (χ2v) is 7.69. The standard InChI is InChI=1S/C22H14Cl2F4N2O2/c1-12(21(31,22(26,27)28)14-6-7-30-20(24)9-14)16-4-3-15(10-17(16)23)32-19-5-2-13(11-29)8-18(19)25/h2-10,12,31H,1H3. The fourth-order valence-electron chi connectivity index (χ4n) is 3.23. The van der Waals surface area contributed by atoms with E-state index in [1.807, 2.05) is 0 Å². The maximum absolute atomic E-state index is 14.1. The summed E-state index contributed by atoms with van der Waals surface area (Å²) in [7, 11) is 0. The minimum atomic E-state index is -5.07. The van der Waals surface area contributed by atoms with Crippen molar-refractivity contribution in [1.29, 1.82) is 5.26 Å². The maximum Gasteiger partial charge on any atom is 0.422 e. The molecule has 0 saturated carbocycles. The first kappa shape index (κ1) is 23.8. The van der Waals surface area contributed by atoms with E-state index in [0.29, 0.717) is 0 Å². The zero-order valence-electron chi connectivity index (χ0n) is 16.3. The lowest BCUT2D eigenvalue weighted by Crippen LogP contribution is -2.46. The molecule has 0 spiro atoms. The van der Waals surface area contributed by atoms with Crippen LogP contribution in [0.5, 0.6) is 11.5 Å². The van der Waals surface area contributed by atoms with Gasteiger partial charge in [0.1, 0.15) is 10.9 Å². The van der Waals surface area contributed by atoms with Gasteiger partial charge in [-0.25, -0.2) is 9.37 Å². The molecular formula is C22H14Cl2F4N2O2. The van der Waals surface area contributed by atoms with E-state index in [9.17, 15) is 22.7 Å². The van der Waals surface area contributed by atoms with E-state index in [4.69, 9.17) is 33.2 Å². The summed E-state index contributed by atoms with van der Waals surface area (Å²) >= 11 is 12.0. The second-order valence-electron chi connectivity index (χ2n) is 6.90. The quantitative estimate of drug-likeness (QED) is 0.321. The van der Waals surface area contributed by atoms with Crippen LogP contribution in [0.15, 0.2) is 54.7 Å². The van der Waals surface area contributed by atoms with E-state index >= 15 is 0 Å². The third-order valence-corrected chi connectivity index (χ3v) is 5.49. The van der Waals surface area contributed by atoms with E-state index in [1.165, 1.54) is 37.3 Å². The van der Waals surface area contributed by atoms with E-state index in [1.54, 1.807) is 6.07 Å². The van der Waals surface area contributed by atoms with Crippen LogP contribution in [0.3, 0.4) is 0 Å². The summed E-state index contributed by atoms with van der Waals surface area (Å²) in [4.78, 5) is 3.65. The number of hydrogen-bond donors (Lipinski definition) is 1. The maximum atomic E-state index is 14.1. The van der Waals surface area contributed by atoms with Crippen LogP contribution >= 0.6 is 23.2 Å². The zero-order valence-corrected chi connectivity index (χ0v) is 17.8. The predicted molar refractivity (Wildman–Crippen MR) is 110 cm³/mol. The molecule has 3 aromatic rings. The average Bonchev–Trinajstić information content (AvgIpc) is 2.73. The van der Waals surface area contributed by atoms with Crippen molar-refractivity contribution in [3.63, 3.8) is 0 Å². The molecule has 3 rings (SSSR count). The highest BCUT2D eigenvalue weighted by molar-refractivity contribution is 6.31. The first-order chi connectivity index (χ1) is 15.0. The topological polar surface area (TPSA) is 66.1 Å². The highest BCUT2D eigenvalue weighted by atomic mass is 35.5. The van der Waals surface area contributed by atoms with Crippen LogP contribution in [0, 0.1) is 17.1 Å². The zero-order chi connectivity index (χ0) is 23.7. The van der Waals surface area contributed by atoms with Gasteiger partial charge >= 0.3 is 6.18 Å². The lowest BCUT2D eigenvalue weighted by atomic mass is 9.78. The highest BCUT2D eigenvalue weighted by Crippen LogP contribution is 2.50. The molecule has 1 aromatic heterocycles. The molecule has 1 heterocycles. The van der Waals surface area contributed by atoms with Gasteiger partial charge in [-0.05, 0) is 53.6 Å². The Hall–Kier alpha value is -2.86. The Balaban J connectivity index is 1.97. The number of rotatable bonds is 5. The Labute approximate surface area is 190 Å². The fraction of sp³-hybridized carbons (Fsp3) is 0.182. The van der Waals surface area contributed by atoms with Gasteiger partial charge in [0.25, 0.3) is 0 Å². The molecule has 0 saturated heterocycles. The van der Waals surface area contributed by atoms with Crippen molar-refractivity contribution < 1.29 is 27.4 Å². The number of pyridine rings is 1. The minimum Gasteiger partial charge on any atom is -0.454 e. The molecule has 0 aliphatic carbocycles. The van der Waals surface area contributed by atoms with Crippen molar-refractivity contribution >= 4 is 23.2 Å². The second kappa shape index (κ2) is 8.94. The van der Waals surface area contributed by atoms with E-state index in [-0.39, 0.29) is 32.8 Å². The van der Waals surface area contributed by atoms with Crippen LogP contribution in [0.1, 0.15) is 29.5 Å². The van der Waals surface area contributed by atoms with Gasteiger partial charge in [-0.1, -0.05) is 36.2 Å². The van der Waals surface area contributed by atoms with Crippen LogP contribution in [0.2, 0.25) is 10.2 Å². The smallest absolute Gasteiger partial charge is 0.422 e. The summed E-state index contributed by atoms with van der Waals surface area (Å²) in [6.45, 7) is 1.17. The van der Waals surface area contributed by atoms with Crippen molar-refractivity contribution in [1.82, 2.24) is 4.98 Å². The van der Waals surface area contributed by atoms with Gasteiger partial charge in [0.15, 0.2) is 17.2 Å². The monoisotopic (exact) mass is 484 g/mol. The molecule has 2 aromatic carbocycles. The molecule has 2 atom stereocenters. The third kappa shape index (κ3) is 4.51. The van der Waals surface area contributed by atoms with Crippen molar-refractivity contribution in [3.8, 4) is 17.6 Å². The number of halogens is 6. The number of alkyl halides is 3. The van der Waals surface area contributed by atoms with Crippen LogP contribution in [0.4, 0.5) is 17.6 Å². The van der Waals surface area contributed by atoms with Crippen molar-refractivity contribution in [2.75, 3.05) is 0 Å². The number of aromatic nitrogens is 1. The number of nitriles is 1. The highest BCUT2D eigenvalue weighted by Gasteiger charge is 2.59. The normalized spacial score (nSPS) is 14.3. The molecule has 166 valence electrons. The molecule has 0 fully saturated rings. The van der Waals surface area contributed by atoms with Gasteiger partial charge in [0.2, 0.25) is 0 Å². The SMILES string of the molecule is CC(c1ccc(Oc2ccc(C#N)cc2F)cc1Cl)C(O)(c1ccnc(Cl)c1)C(F)(F)F. The molecule has 0 bridgehead atoms. The predicted octanol–water partition coefficient (Wildman–Crippen LogP) is 6.75. The molecule has 2 unspecified atom stereocenters. The van der Waals surface area contributed by atoms with Gasteiger partial charge < -0.3 is 9.84 Å². The molecular weight excluding hydrogens is 471 g/mol. The summed E-state index contributed by atoms with van der Waals surface area (Å²) in [6, 6.07) is 11.1. The third-order valence-electron chi connectivity index (χ3n) is 4.95. The van der Waals surface area contributed by atoms with Crippen LogP contribution in [-0.4, -0.2) is 16.3 Å². The van der Waals surface area contributed by atoms with Crippen LogP contribution in [-0.2, 0) is 5.60 Å². The van der Waals surface area contributed by atoms with Gasteiger partial charge in [0, 0.05) is 17.1 Å². The van der Waals surface area contributed by atoms with E-state index in [0.717, 1.165) is 24.4 Å². The summed E-state index contributed by atoms with van der Waals surface area (Å²) in [5.74, 6) is -2.48. The molecule has 0 radical (unpaired) electrons. The molecule has 0 aliphatic rings. The van der Waals surface area contributed by atoms with E-state index in [2.05, 4.69) is 4.98 Å². The summed E-state index contributed by atoms with van der Waals surface area (Å²) < 4.78 is 61.5. The van der Waals surface area contributed by atoms with Crippen LogP contribution < -0.4 is 4.74 Å². The minimum absolute atomic E-state index is 0.0212. The molecule has 0 amide bonds. The van der Waals surface area contributed by atoms with E-state index < -0.39 is 29.1 Å². The Morgan fingerprint density at radius 1 is 1.09 bits per heavy atom. The number of aliphatic hydroxyl groups is 1. The summed E-state index contributed by atoms with van der Waals surface area (Å²) in [5, 5.41) is 19.3. The Kier molecular flexibility index (Phi) is 6.65. The Morgan fingerprint density at radius 2 is 1.81 bits per heavy atom. The first-order valence-corrected chi connectivity index (χ1v) is 9.81. The number of hydrogen-bond acceptors (Lipinski definition) is 4. The Morgan fingerprint density at radius 3 is 2.38 bits per heavy atom. The molecule has 10 heteroatoms. The van der Waals surface area contributed by atoms with Crippen molar-refractivity contribution in [3.05, 3.63) is 87.4 Å². The van der Waals surface area contributed by atoms with Crippen molar-refractivity contribution in [2.45, 2.75) is 24.6 Å². The largest absolute Gasteiger partial charge is 0.454 e. The Bertz CT molecular complexity index is 1200. The summed E-state index contributed by atoms with van der Waals surface area (Å²) in [6.07, 6.45) is -4.01. The number of benzene rings is 2. The molecule has 4 nitrogen and oxygen atoms in total. The van der Waals surface area contributed by atoms with Gasteiger partial charge in [-0.3, -0.25) is 0 Å². The number of nitrogens with zero attached hydrogens (tertiary/aromatic N) is 2. The molecule has 1 N–H and O–H groups in total. The lowest BCUT2D eigenvalue weighted by molar-refractivity contribution is -0.274. The van der Waals surface area contributed by atoms with Gasteiger partial charge in [-0.15, -0.1) is 0 Å². The van der Waals surface area contributed by atoms with Crippen LogP contribution in [0.25, 0.3) is 0 Å². The van der Waals surface area contributed by atoms with Gasteiger partial charge in [0.05, 0.1) is 11.6 Å². The molecule has 32 heavy (non-hydrogen) atoms. The molecule has 0 aliphatic heterocycles.